The Morgan fingerprint density at radius 2 is 1.78 bits per heavy atom. The lowest BCUT2D eigenvalue weighted by Gasteiger charge is -2.39. The van der Waals surface area contributed by atoms with E-state index in [0.717, 1.165) is 6.54 Å². The molecule has 100 valence electrons. The van der Waals surface area contributed by atoms with E-state index in [4.69, 9.17) is 5.73 Å². The first kappa shape index (κ1) is 13.6. The Morgan fingerprint density at radius 3 is 2.33 bits per heavy atom. The zero-order valence-electron chi connectivity index (χ0n) is 12.0. The van der Waals surface area contributed by atoms with Crippen LogP contribution < -0.4 is 11.1 Å². The van der Waals surface area contributed by atoms with Gasteiger partial charge in [-0.05, 0) is 31.2 Å². The predicted molar refractivity (Wildman–Crippen MR) is 77.6 cm³/mol. The fourth-order valence-electron chi connectivity index (χ4n) is 2.10. The van der Waals surface area contributed by atoms with Crippen LogP contribution in [-0.4, -0.2) is 18.1 Å². The van der Waals surface area contributed by atoms with Crippen LogP contribution in [0.2, 0.25) is 0 Å². The van der Waals surface area contributed by atoms with Gasteiger partial charge in [0.05, 0.1) is 0 Å². The van der Waals surface area contributed by atoms with E-state index in [1.165, 1.54) is 12.0 Å². The summed E-state index contributed by atoms with van der Waals surface area (Å²) in [5, 5.41) is 3.67. The molecule has 2 rings (SSSR count). The lowest BCUT2D eigenvalue weighted by Crippen LogP contribution is -2.52. The SMILES string of the molecule is CC(C)(N)C(C)(C)CNC1CC1c1ccccc1. The van der Waals surface area contributed by atoms with E-state index in [9.17, 15) is 0 Å². The van der Waals surface area contributed by atoms with Crippen LogP contribution in [0, 0.1) is 5.41 Å². The summed E-state index contributed by atoms with van der Waals surface area (Å²) < 4.78 is 0. The van der Waals surface area contributed by atoms with Crippen LogP contribution in [0.5, 0.6) is 0 Å². The zero-order chi connectivity index (χ0) is 13.4. The lowest BCUT2D eigenvalue weighted by molar-refractivity contribution is 0.194. The molecule has 0 aliphatic heterocycles. The fourth-order valence-corrected chi connectivity index (χ4v) is 2.10. The molecule has 0 bridgehead atoms. The van der Waals surface area contributed by atoms with Gasteiger partial charge >= 0.3 is 0 Å². The molecule has 0 radical (unpaired) electrons. The number of benzene rings is 1. The van der Waals surface area contributed by atoms with Crippen molar-refractivity contribution in [2.75, 3.05) is 6.54 Å². The zero-order valence-corrected chi connectivity index (χ0v) is 12.0. The molecule has 1 aliphatic carbocycles. The van der Waals surface area contributed by atoms with E-state index in [-0.39, 0.29) is 11.0 Å². The number of hydrogen-bond acceptors (Lipinski definition) is 2. The largest absolute Gasteiger partial charge is 0.325 e. The fraction of sp³-hybridized carbons (Fsp3) is 0.625. The average molecular weight is 246 g/mol. The quantitative estimate of drug-likeness (QED) is 0.838. The van der Waals surface area contributed by atoms with Crippen molar-refractivity contribution in [3.05, 3.63) is 35.9 Å². The van der Waals surface area contributed by atoms with E-state index in [1.54, 1.807) is 0 Å². The van der Waals surface area contributed by atoms with Crippen molar-refractivity contribution in [3.63, 3.8) is 0 Å². The molecule has 1 fully saturated rings. The van der Waals surface area contributed by atoms with Crippen LogP contribution >= 0.6 is 0 Å². The van der Waals surface area contributed by atoms with E-state index in [1.807, 2.05) is 0 Å². The first-order chi connectivity index (χ1) is 8.31. The molecule has 18 heavy (non-hydrogen) atoms. The maximum absolute atomic E-state index is 6.23. The minimum Gasteiger partial charge on any atom is -0.325 e. The molecule has 2 heteroatoms. The Hall–Kier alpha value is -0.860. The Kier molecular flexibility index (Phi) is 3.52. The highest BCUT2D eigenvalue weighted by Crippen LogP contribution is 2.41. The molecule has 2 atom stereocenters. The molecule has 0 saturated heterocycles. The molecule has 1 aliphatic rings. The maximum atomic E-state index is 6.23. The Bertz CT molecular complexity index is 389. The second-order valence-corrected chi connectivity index (χ2v) is 6.85. The topological polar surface area (TPSA) is 38.0 Å². The third-order valence-electron chi connectivity index (χ3n) is 4.57. The van der Waals surface area contributed by atoms with Gasteiger partial charge in [-0.25, -0.2) is 0 Å². The van der Waals surface area contributed by atoms with E-state index < -0.39 is 0 Å². The number of nitrogens with one attached hydrogen (secondary N) is 1. The van der Waals surface area contributed by atoms with Crippen LogP contribution in [0.3, 0.4) is 0 Å². The second kappa shape index (κ2) is 4.67. The summed E-state index contributed by atoms with van der Waals surface area (Å²) in [6.45, 7) is 9.66. The van der Waals surface area contributed by atoms with Crippen LogP contribution in [0.1, 0.15) is 45.6 Å². The van der Waals surface area contributed by atoms with Crippen LogP contribution in [-0.2, 0) is 0 Å². The molecule has 0 spiro atoms. The molecule has 1 aromatic rings. The summed E-state index contributed by atoms with van der Waals surface area (Å²) in [4.78, 5) is 0. The Morgan fingerprint density at radius 1 is 1.17 bits per heavy atom. The van der Waals surface area contributed by atoms with Crippen molar-refractivity contribution in [3.8, 4) is 0 Å². The molecule has 0 aromatic heterocycles. The van der Waals surface area contributed by atoms with E-state index in [0.29, 0.717) is 12.0 Å². The number of nitrogens with two attached hydrogens (primary N) is 1. The van der Waals surface area contributed by atoms with Gasteiger partial charge in [0.1, 0.15) is 0 Å². The molecule has 1 aromatic carbocycles. The molecule has 1 saturated carbocycles. The van der Waals surface area contributed by atoms with Crippen molar-refractivity contribution in [2.45, 2.75) is 51.6 Å². The first-order valence-corrected chi connectivity index (χ1v) is 6.88. The summed E-state index contributed by atoms with van der Waals surface area (Å²) in [5.41, 5.74) is 7.64. The molecule has 2 nitrogen and oxygen atoms in total. The van der Waals surface area contributed by atoms with Gasteiger partial charge in [0.15, 0.2) is 0 Å². The highest BCUT2D eigenvalue weighted by Gasteiger charge is 2.40. The van der Waals surface area contributed by atoms with Crippen molar-refractivity contribution < 1.29 is 0 Å². The van der Waals surface area contributed by atoms with Gasteiger partial charge in [-0.15, -0.1) is 0 Å². The summed E-state index contributed by atoms with van der Waals surface area (Å²) in [7, 11) is 0. The smallest absolute Gasteiger partial charge is 0.0161 e. The van der Waals surface area contributed by atoms with Gasteiger partial charge in [0.25, 0.3) is 0 Å². The van der Waals surface area contributed by atoms with Crippen molar-refractivity contribution in [1.29, 1.82) is 0 Å². The molecule has 2 unspecified atom stereocenters. The molecular weight excluding hydrogens is 220 g/mol. The molecule has 0 amide bonds. The Labute approximate surface area is 111 Å². The van der Waals surface area contributed by atoms with E-state index in [2.05, 4.69) is 63.3 Å². The third-order valence-corrected chi connectivity index (χ3v) is 4.57. The second-order valence-electron chi connectivity index (χ2n) is 6.85. The number of hydrogen-bond donors (Lipinski definition) is 2. The lowest BCUT2D eigenvalue weighted by atomic mass is 9.75. The van der Waals surface area contributed by atoms with Gasteiger partial charge in [0.2, 0.25) is 0 Å². The summed E-state index contributed by atoms with van der Waals surface area (Å²) in [6, 6.07) is 11.4. The molecule has 3 N–H and O–H groups in total. The summed E-state index contributed by atoms with van der Waals surface area (Å²) in [6.07, 6.45) is 1.26. The number of rotatable bonds is 5. The highest BCUT2D eigenvalue weighted by molar-refractivity contribution is 5.27. The molecule has 0 heterocycles. The summed E-state index contributed by atoms with van der Waals surface area (Å²) >= 11 is 0. The van der Waals surface area contributed by atoms with Crippen LogP contribution in [0.25, 0.3) is 0 Å². The standard InChI is InChI=1S/C16H26N2/c1-15(2,16(3,4)17)11-18-14-10-13(14)12-8-6-5-7-9-12/h5-9,13-14,18H,10-11,17H2,1-4H3. The Balaban J connectivity index is 1.85. The predicted octanol–water partition coefficient (Wildman–Crippen LogP) is 2.90. The normalized spacial score (nSPS) is 24.1. The van der Waals surface area contributed by atoms with Gasteiger partial charge in [0, 0.05) is 24.0 Å². The average Bonchev–Trinajstić information content (AvgIpc) is 3.06. The maximum Gasteiger partial charge on any atom is 0.0161 e. The van der Waals surface area contributed by atoms with Gasteiger partial charge < -0.3 is 11.1 Å². The first-order valence-electron chi connectivity index (χ1n) is 6.88. The van der Waals surface area contributed by atoms with Gasteiger partial charge in [-0.2, -0.15) is 0 Å². The van der Waals surface area contributed by atoms with Crippen LogP contribution in [0.4, 0.5) is 0 Å². The van der Waals surface area contributed by atoms with Crippen LogP contribution in [0.15, 0.2) is 30.3 Å². The van der Waals surface area contributed by atoms with Crippen molar-refractivity contribution in [1.82, 2.24) is 5.32 Å². The van der Waals surface area contributed by atoms with Gasteiger partial charge in [-0.3, -0.25) is 0 Å². The highest BCUT2D eigenvalue weighted by atomic mass is 15.0. The summed E-state index contributed by atoms with van der Waals surface area (Å²) in [5.74, 6) is 0.697. The molecular formula is C16H26N2. The monoisotopic (exact) mass is 246 g/mol. The van der Waals surface area contributed by atoms with E-state index >= 15 is 0 Å². The minimum atomic E-state index is -0.156. The van der Waals surface area contributed by atoms with Gasteiger partial charge in [-0.1, -0.05) is 44.2 Å². The third kappa shape index (κ3) is 2.93. The van der Waals surface area contributed by atoms with Crippen molar-refractivity contribution >= 4 is 0 Å². The minimum absolute atomic E-state index is 0.108. The van der Waals surface area contributed by atoms with Crippen molar-refractivity contribution in [2.24, 2.45) is 11.1 Å².